The SMILES string of the molecule is C=CCOc1ccc(/C=N/NC(=O)c2ccc(OC)c(OC)c2)cc1OCC. The van der Waals surface area contributed by atoms with Crippen LogP contribution in [0.15, 0.2) is 54.2 Å². The lowest BCUT2D eigenvalue weighted by Gasteiger charge is -2.11. The highest BCUT2D eigenvalue weighted by Gasteiger charge is 2.10. The summed E-state index contributed by atoms with van der Waals surface area (Å²) in [6.07, 6.45) is 3.19. The number of carbonyl (C=O) groups excluding carboxylic acids is 1. The molecule has 2 aromatic carbocycles. The monoisotopic (exact) mass is 384 g/mol. The van der Waals surface area contributed by atoms with Gasteiger partial charge in [-0.25, -0.2) is 5.43 Å². The molecule has 0 aliphatic rings. The molecular formula is C21H24N2O5. The zero-order valence-corrected chi connectivity index (χ0v) is 16.2. The van der Waals surface area contributed by atoms with E-state index in [0.29, 0.717) is 41.8 Å². The number of hydrogen-bond acceptors (Lipinski definition) is 6. The Labute approximate surface area is 164 Å². The van der Waals surface area contributed by atoms with Gasteiger partial charge in [-0.15, -0.1) is 0 Å². The predicted octanol–water partition coefficient (Wildman–Crippen LogP) is 3.43. The molecule has 1 N–H and O–H groups in total. The standard InChI is InChI=1S/C21H24N2O5/c1-5-11-28-18-9-7-15(12-20(18)27-6-2)14-22-23-21(24)16-8-10-17(25-3)19(13-16)26-4/h5,7-10,12-14H,1,6,11H2,2-4H3,(H,23,24)/b22-14+. The number of benzene rings is 2. The van der Waals surface area contributed by atoms with Crippen molar-refractivity contribution in [3.63, 3.8) is 0 Å². The highest BCUT2D eigenvalue weighted by molar-refractivity contribution is 5.95. The number of carbonyl (C=O) groups is 1. The second-order valence-electron chi connectivity index (χ2n) is 5.51. The Balaban J connectivity index is 2.08. The van der Waals surface area contributed by atoms with Gasteiger partial charge in [-0.05, 0) is 48.9 Å². The molecule has 2 aromatic rings. The van der Waals surface area contributed by atoms with Crippen LogP contribution >= 0.6 is 0 Å². The van der Waals surface area contributed by atoms with Crippen LogP contribution in [0.5, 0.6) is 23.0 Å². The molecule has 0 aromatic heterocycles. The minimum absolute atomic E-state index is 0.367. The first-order valence-corrected chi connectivity index (χ1v) is 8.68. The molecular weight excluding hydrogens is 360 g/mol. The van der Waals surface area contributed by atoms with Gasteiger partial charge in [0.25, 0.3) is 5.91 Å². The molecule has 0 atom stereocenters. The van der Waals surface area contributed by atoms with Gasteiger partial charge >= 0.3 is 0 Å². The largest absolute Gasteiger partial charge is 0.493 e. The molecule has 2 rings (SSSR count). The van der Waals surface area contributed by atoms with E-state index in [-0.39, 0.29) is 5.91 Å². The predicted molar refractivity (Wildman–Crippen MR) is 108 cm³/mol. The Morgan fingerprint density at radius 1 is 1.04 bits per heavy atom. The van der Waals surface area contributed by atoms with E-state index in [1.165, 1.54) is 20.4 Å². The lowest BCUT2D eigenvalue weighted by Crippen LogP contribution is -2.17. The van der Waals surface area contributed by atoms with E-state index in [9.17, 15) is 4.79 Å². The number of methoxy groups -OCH3 is 2. The van der Waals surface area contributed by atoms with Crippen molar-refractivity contribution in [1.29, 1.82) is 0 Å². The second kappa shape index (κ2) is 10.6. The van der Waals surface area contributed by atoms with Crippen LogP contribution in [0.25, 0.3) is 0 Å². The maximum atomic E-state index is 12.3. The maximum Gasteiger partial charge on any atom is 0.271 e. The third kappa shape index (κ3) is 5.51. The topological polar surface area (TPSA) is 78.4 Å². The van der Waals surface area contributed by atoms with Crippen molar-refractivity contribution in [2.24, 2.45) is 5.10 Å². The number of nitrogens with zero attached hydrogens (tertiary/aromatic N) is 1. The van der Waals surface area contributed by atoms with Crippen molar-refractivity contribution in [2.75, 3.05) is 27.4 Å². The van der Waals surface area contributed by atoms with Crippen molar-refractivity contribution in [2.45, 2.75) is 6.92 Å². The number of ether oxygens (including phenoxy) is 4. The molecule has 0 aliphatic heterocycles. The zero-order valence-electron chi connectivity index (χ0n) is 16.2. The van der Waals surface area contributed by atoms with Gasteiger partial charge < -0.3 is 18.9 Å². The van der Waals surface area contributed by atoms with Crippen LogP contribution in [-0.2, 0) is 0 Å². The molecule has 0 heterocycles. The Bertz CT molecular complexity index is 849. The molecule has 0 aliphatic carbocycles. The van der Waals surface area contributed by atoms with E-state index < -0.39 is 0 Å². The summed E-state index contributed by atoms with van der Waals surface area (Å²) < 4.78 is 21.5. The summed E-state index contributed by atoms with van der Waals surface area (Å²) in [5.41, 5.74) is 3.64. The fourth-order valence-electron chi connectivity index (χ4n) is 2.35. The van der Waals surface area contributed by atoms with Gasteiger partial charge in [0.05, 0.1) is 27.0 Å². The van der Waals surface area contributed by atoms with Crippen LogP contribution in [0.1, 0.15) is 22.8 Å². The first-order valence-electron chi connectivity index (χ1n) is 8.68. The minimum Gasteiger partial charge on any atom is -0.493 e. The first kappa shape index (κ1) is 20.8. The summed E-state index contributed by atoms with van der Waals surface area (Å²) >= 11 is 0. The van der Waals surface area contributed by atoms with Gasteiger partial charge in [-0.2, -0.15) is 5.10 Å². The molecule has 7 nitrogen and oxygen atoms in total. The average molecular weight is 384 g/mol. The van der Waals surface area contributed by atoms with Crippen molar-refractivity contribution in [3.05, 3.63) is 60.2 Å². The lowest BCUT2D eigenvalue weighted by atomic mass is 10.2. The number of hydrazone groups is 1. The summed E-state index contributed by atoms with van der Waals surface area (Å²) in [6.45, 7) is 6.40. The van der Waals surface area contributed by atoms with E-state index in [1.807, 2.05) is 13.0 Å². The third-order valence-corrected chi connectivity index (χ3v) is 3.65. The van der Waals surface area contributed by atoms with E-state index in [0.717, 1.165) is 5.56 Å². The van der Waals surface area contributed by atoms with Crippen LogP contribution in [0.3, 0.4) is 0 Å². The van der Waals surface area contributed by atoms with E-state index in [4.69, 9.17) is 18.9 Å². The smallest absolute Gasteiger partial charge is 0.271 e. The van der Waals surface area contributed by atoms with Crippen LogP contribution < -0.4 is 24.4 Å². The molecule has 1 amide bonds. The molecule has 148 valence electrons. The number of hydrogen-bond donors (Lipinski definition) is 1. The van der Waals surface area contributed by atoms with Gasteiger partial charge in [0.2, 0.25) is 0 Å². The van der Waals surface area contributed by atoms with Gasteiger partial charge in [-0.1, -0.05) is 12.7 Å². The van der Waals surface area contributed by atoms with Gasteiger partial charge in [-0.3, -0.25) is 4.79 Å². The number of amides is 1. The number of nitrogens with one attached hydrogen (secondary N) is 1. The first-order chi connectivity index (χ1) is 13.6. The Morgan fingerprint density at radius 3 is 2.46 bits per heavy atom. The average Bonchev–Trinajstić information content (AvgIpc) is 2.72. The Morgan fingerprint density at radius 2 is 1.79 bits per heavy atom. The minimum atomic E-state index is -0.367. The summed E-state index contributed by atoms with van der Waals surface area (Å²) in [4.78, 5) is 12.3. The molecule has 0 bridgehead atoms. The van der Waals surface area contributed by atoms with Crippen molar-refractivity contribution >= 4 is 12.1 Å². The van der Waals surface area contributed by atoms with Crippen molar-refractivity contribution in [1.82, 2.24) is 5.43 Å². The number of rotatable bonds is 10. The molecule has 0 fully saturated rings. The van der Waals surface area contributed by atoms with Gasteiger partial charge in [0, 0.05) is 5.56 Å². The normalized spacial score (nSPS) is 10.4. The summed E-state index contributed by atoms with van der Waals surface area (Å²) in [7, 11) is 3.04. The molecule has 0 saturated carbocycles. The molecule has 0 spiro atoms. The van der Waals surface area contributed by atoms with Gasteiger partial charge in [0.15, 0.2) is 23.0 Å². The second-order valence-corrected chi connectivity index (χ2v) is 5.51. The van der Waals surface area contributed by atoms with Crippen molar-refractivity contribution in [3.8, 4) is 23.0 Å². The van der Waals surface area contributed by atoms with E-state index >= 15 is 0 Å². The summed E-state index contributed by atoms with van der Waals surface area (Å²) in [5.74, 6) is 1.86. The summed E-state index contributed by atoms with van der Waals surface area (Å²) in [5, 5.41) is 4.00. The molecule has 7 heteroatoms. The third-order valence-electron chi connectivity index (χ3n) is 3.65. The highest BCUT2D eigenvalue weighted by atomic mass is 16.5. The van der Waals surface area contributed by atoms with Crippen LogP contribution in [0, 0.1) is 0 Å². The fraction of sp³-hybridized carbons (Fsp3) is 0.238. The molecule has 0 unspecified atom stereocenters. The molecule has 0 radical (unpaired) electrons. The van der Waals surface area contributed by atoms with Crippen molar-refractivity contribution < 1.29 is 23.7 Å². The highest BCUT2D eigenvalue weighted by Crippen LogP contribution is 2.28. The quantitative estimate of drug-likeness (QED) is 0.386. The molecule has 28 heavy (non-hydrogen) atoms. The Hall–Kier alpha value is -3.48. The zero-order chi connectivity index (χ0) is 20.4. The Kier molecular flexibility index (Phi) is 7.90. The lowest BCUT2D eigenvalue weighted by molar-refractivity contribution is 0.0954. The summed E-state index contributed by atoms with van der Waals surface area (Å²) in [6, 6.07) is 10.3. The molecule has 0 saturated heterocycles. The van der Waals surface area contributed by atoms with Crippen LogP contribution in [-0.4, -0.2) is 39.6 Å². The van der Waals surface area contributed by atoms with E-state index in [2.05, 4.69) is 17.1 Å². The van der Waals surface area contributed by atoms with Crippen LogP contribution in [0.2, 0.25) is 0 Å². The van der Waals surface area contributed by atoms with Crippen LogP contribution in [0.4, 0.5) is 0 Å². The fourth-order valence-corrected chi connectivity index (χ4v) is 2.35. The van der Waals surface area contributed by atoms with E-state index in [1.54, 1.807) is 36.4 Å². The maximum absolute atomic E-state index is 12.3. The van der Waals surface area contributed by atoms with Gasteiger partial charge in [0.1, 0.15) is 6.61 Å².